The van der Waals surface area contributed by atoms with Gasteiger partial charge in [-0.1, -0.05) is 6.07 Å². The van der Waals surface area contributed by atoms with Gasteiger partial charge >= 0.3 is 0 Å². The molecule has 1 aromatic heterocycles. The number of nitro groups is 1. The highest BCUT2D eigenvalue weighted by Crippen LogP contribution is 2.16. The summed E-state index contributed by atoms with van der Waals surface area (Å²) in [5, 5.41) is 15.5. The van der Waals surface area contributed by atoms with Gasteiger partial charge in [-0.15, -0.1) is 11.3 Å². The number of nitrogens with zero attached hydrogens (tertiary/aromatic N) is 1. The largest absolute Gasteiger partial charge is 0.346 e. The maximum atomic E-state index is 12.1. The van der Waals surface area contributed by atoms with Gasteiger partial charge in [-0.3, -0.25) is 14.9 Å². The van der Waals surface area contributed by atoms with E-state index in [4.69, 9.17) is 0 Å². The highest BCUT2D eigenvalue weighted by atomic mass is 32.1. The fraction of sp³-hybridized carbons (Fsp3) is 0.267. The first-order valence-electron chi connectivity index (χ1n) is 6.85. The van der Waals surface area contributed by atoms with E-state index in [0.29, 0.717) is 12.1 Å². The molecule has 0 aliphatic rings. The van der Waals surface area contributed by atoms with Gasteiger partial charge in [0.15, 0.2) is 0 Å². The molecule has 22 heavy (non-hydrogen) atoms. The summed E-state index contributed by atoms with van der Waals surface area (Å²) >= 11 is 1.66. The van der Waals surface area contributed by atoms with E-state index in [9.17, 15) is 14.9 Å². The number of carbonyl (C=O) groups excluding carboxylic acids is 1. The van der Waals surface area contributed by atoms with E-state index in [0.717, 1.165) is 0 Å². The second-order valence-corrected chi connectivity index (χ2v) is 6.14. The van der Waals surface area contributed by atoms with Gasteiger partial charge in [0.25, 0.3) is 11.6 Å². The van der Waals surface area contributed by atoms with Crippen molar-refractivity contribution in [3.8, 4) is 0 Å². The Morgan fingerprint density at radius 2 is 2.00 bits per heavy atom. The number of likely N-dealkylation sites (N-methyl/N-ethyl adjacent to an activating group) is 1. The topological polar surface area (TPSA) is 76.7 Å². The molecular weight excluding hydrogens is 302 g/mol. The third kappa shape index (κ3) is 3.90. The van der Waals surface area contributed by atoms with Crippen LogP contribution in [0.2, 0.25) is 0 Å². The normalized spacial score (nSPS) is 12.1. The fourth-order valence-corrected chi connectivity index (χ4v) is 3.06. The molecule has 0 spiro atoms. The molecule has 6 nitrogen and oxygen atoms in total. The first-order chi connectivity index (χ1) is 10.5. The van der Waals surface area contributed by atoms with Crippen LogP contribution in [0.4, 0.5) is 5.69 Å². The predicted octanol–water partition coefficient (Wildman–Crippen LogP) is 1.27. The Balaban J connectivity index is 2.00. The van der Waals surface area contributed by atoms with E-state index < -0.39 is 4.92 Å². The van der Waals surface area contributed by atoms with Crippen molar-refractivity contribution in [2.75, 3.05) is 20.6 Å². The molecule has 116 valence electrons. The average Bonchev–Trinajstić information content (AvgIpc) is 3.01. The number of quaternary nitrogens is 1. The van der Waals surface area contributed by atoms with E-state index in [2.05, 4.69) is 11.4 Å². The van der Waals surface area contributed by atoms with Gasteiger partial charge in [-0.05, 0) is 23.6 Å². The second-order valence-electron chi connectivity index (χ2n) is 5.16. The number of carbonyl (C=O) groups is 1. The van der Waals surface area contributed by atoms with E-state index in [-0.39, 0.29) is 17.6 Å². The predicted molar refractivity (Wildman–Crippen MR) is 85.3 cm³/mol. The van der Waals surface area contributed by atoms with Crippen molar-refractivity contribution >= 4 is 22.9 Å². The first kappa shape index (κ1) is 16.1. The van der Waals surface area contributed by atoms with Crippen molar-refractivity contribution in [1.29, 1.82) is 0 Å². The molecule has 2 rings (SSSR count). The monoisotopic (exact) mass is 320 g/mol. The zero-order valence-electron chi connectivity index (χ0n) is 12.4. The lowest BCUT2D eigenvalue weighted by Crippen LogP contribution is -3.06. The second kappa shape index (κ2) is 7.15. The molecule has 2 N–H and O–H groups in total. The van der Waals surface area contributed by atoms with Gasteiger partial charge in [-0.25, -0.2) is 0 Å². The minimum Gasteiger partial charge on any atom is -0.346 e. The summed E-state index contributed by atoms with van der Waals surface area (Å²) in [5.41, 5.74) is 0.398. The van der Waals surface area contributed by atoms with E-state index in [1.807, 2.05) is 25.5 Å². The summed E-state index contributed by atoms with van der Waals surface area (Å²) in [6.07, 6.45) is 0. The Hall–Kier alpha value is -2.25. The van der Waals surface area contributed by atoms with E-state index >= 15 is 0 Å². The Morgan fingerprint density at radius 3 is 2.50 bits per heavy atom. The van der Waals surface area contributed by atoms with Crippen molar-refractivity contribution < 1.29 is 14.6 Å². The maximum absolute atomic E-state index is 12.1. The van der Waals surface area contributed by atoms with Crippen LogP contribution in [0.15, 0.2) is 41.8 Å². The number of rotatable bonds is 6. The van der Waals surface area contributed by atoms with Crippen LogP contribution in [0.3, 0.4) is 0 Å². The molecule has 1 heterocycles. The minimum absolute atomic E-state index is 0.0225. The molecule has 0 aliphatic heterocycles. The summed E-state index contributed by atoms with van der Waals surface area (Å²) < 4.78 is 0. The van der Waals surface area contributed by atoms with Crippen molar-refractivity contribution in [2.24, 2.45) is 0 Å². The lowest BCUT2D eigenvalue weighted by molar-refractivity contribution is -0.890. The van der Waals surface area contributed by atoms with Crippen LogP contribution in [0, 0.1) is 10.1 Å². The Morgan fingerprint density at radius 1 is 1.32 bits per heavy atom. The van der Waals surface area contributed by atoms with Crippen molar-refractivity contribution in [3.63, 3.8) is 0 Å². The van der Waals surface area contributed by atoms with Crippen LogP contribution in [0.1, 0.15) is 21.3 Å². The average molecular weight is 320 g/mol. The molecule has 7 heteroatoms. The molecule has 1 amide bonds. The van der Waals surface area contributed by atoms with Gasteiger partial charge in [0.1, 0.15) is 6.04 Å². The molecule has 0 aliphatic carbocycles. The molecule has 2 aromatic rings. The third-order valence-corrected chi connectivity index (χ3v) is 4.38. The fourth-order valence-electron chi connectivity index (χ4n) is 2.11. The minimum atomic E-state index is -0.482. The molecular formula is C15H18N3O3S+. The highest BCUT2D eigenvalue weighted by Gasteiger charge is 2.20. The number of hydrogen-bond donors (Lipinski definition) is 2. The highest BCUT2D eigenvalue weighted by molar-refractivity contribution is 7.10. The van der Waals surface area contributed by atoms with Crippen LogP contribution >= 0.6 is 11.3 Å². The molecule has 0 unspecified atom stereocenters. The number of non-ortho nitro benzene ring substituents is 1. The van der Waals surface area contributed by atoms with E-state index in [1.54, 1.807) is 11.3 Å². The zero-order valence-corrected chi connectivity index (χ0v) is 13.2. The van der Waals surface area contributed by atoms with Crippen molar-refractivity contribution in [3.05, 3.63) is 62.3 Å². The number of benzene rings is 1. The van der Waals surface area contributed by atoms with Gasteiger partial charge in [0.2, 0.25) is 0 Å². The Labute approximate surface area is 132 Å². The molecule has 0 saturated heterocycles. The summed E-state index contributed by atoms with van der Waals surface area (Å²) in [6, 6.07) is 9.84. The molecule has 0 fully saturated rings. The Kier molecular flexibility index (Phi) is 5.24. The summed E-state index contributed by atoms with van der Waals surface area (Å²) in [5.74, 6) is -0.224. The van der Waals surface area contributed by atoms with Gasteiger partial charge in [-0.2, -0.15) is 0 Å². The number of hydrogen-bond acceptors (Lipinski definition) is 4. The number of thiophene rings is 1. The van der Waals surface area contributed by atoms with Crippen LogP contribution in [0.5, 0.6) is 0 Å². The summed E-state index contributed by atoms with van der Waals surface area (Å²) in [7, 11) is 4.09. The number of nitro benzene ring substituents is 1. The zero-order chi connectivity index (χ0) is 16.1. The molecule has 1 aromatic carbocycles. The van der Waals surface area contributed by atoms with Crippen molar-refractivity contribution in [1.82, 2.24) is 5.32 Å². The summed E-state index contributed by atoms with van der Waals surface area (Å²) in [6.45, 7) is 0.513. The van der Waals surface area contributed by atoms with Crippen LogP contribution in [-0.2, 0) is 0 Å². The lowest BCUT2D eigenvalue weighted by Gasteiger charge is -2.20. The maximum Gasteiger partial charge on any atom is 0.269 e. The first-order valence-corrected chi connectivity index (χ1v) is 7.73. The lowest BCUT2D eigenvalue weighted by atomic mass is 10.1. The SMILES string of the molecule is C[NH+](C)[C@@H](CNC(=O)c1ccc([N+](=O)[O-])cc1)c1cccs1. The van der Waals surface area contributed by atoms with E-state index in [1.165, 1.54) is 34.0 Å². The smallest absolute Gasteiger partial charge is 0.269 e. The van der Waals surface area contributed by atoms with Gasteiger partial charge in [0.05, 0.1) is 30.4 Å². The molecule has 0 saturated carbocycles. The molecule has 1 atom stereocenters. The van der Waals surface area contributed by atoms with Crippen molar-refractivity contribution in [2.45, 2.75) is 6.04 Å². The summed E-state index contributed by atoms with van der Waals surface area (Å²) in [4.78, 5) is 24.7. The third-order valence-electron chi connectivity index (χ3n) is 3.39. The van der Waals surface area contributed by atoms with Crippen LogP contribution < -0.4 is 10.2 Å². The molecule has 0 bridgehead atoms. The quantitative estimate of drug-likeness (QED) is 0.622. The Bertz CT molecular complexity index is 639. The van der Waals surface area contributed by atoms with Crippen LogP contribution in [0.25, 0.3) is 0 Å². The van der Waals surface area contributed by atoms with Gasteiger partial charge in [0, 0.05) is 17.7 Å². The standard InChI is InChI=1S/C15H17N3O3S/c1-17(2)13(14-4-3-9-22-14)10-16-15(19)11-5-7-12(8-6-11)18(20)21/h3-9,13H,10H2,1-2H3,(H,16,19)/p+1/t13-/m0/s1. The number of nitrogens with one attached hydrogen (secondary N) is 2. The molecule has 0 radical (unpaired) electrons. The van der Waals surface area contributed by atoms with Crippen LogP contribution in [-0.4, -0.2) is 31.5 Å². The number of amides is 1. The van der Waals surface area contributed by atoms with Gasteiger partial charge < -0.3 is 10.2 Å².